The second-order valence-corrected chi connectivity index (χ2v) is 6.70. The minimum absolute atomic E-state index is 0.432. The summed E-state index contributed by atoms with van der Waals surface area (Å²) in [6, 6.07) is 8.63. The van der Waals surface area contributed by atoms with Gasteiger partial charge in [-0.1, -0.05) is 24.3 Å². The Morgan fingerprint density at radius 1 is 1.28 bits per heavy atom. The van der Waals surface area contributed by atoms with Gasteiger partial charge in [0.1, 0.15) is 0 Å². The Balaban J connectivity index is 1.71. The number of rotatable bonds is 7. The van der Waals surface area contributed by atoms with Crippen molar-refractivity contribution in [2.24, 2.45) is 0 Å². The third-order valence-corrected chi connectivity index (χ3v) is 3.72. The molecule has 0 saturated heterocycles. The maximum atomic E-state index is 10.9. The van der Waals surface area contributed by atoms with Crippen LogP contribution in [0, 0.1) is 0 Å². The van der Waals surface area contributed by atoms with Gasteiger partial charge in [0.05, 0.1) is 6.26 Å². The summed E-state index contributed by atoms with van der Waals surface area (Å²) in [5.41, 5.74) is 2.70. The molecule has 0 atom stereocenters. The molecule has 1 aromatic carbocycles. The Kier molecular flexibility index (Phi) is 4.37. The summed E-state index contributed by atoms with van der Waals surface area (Å²) in [5.74, 6) is 0.775. The van der Waals surface area contributed by atoms with Crippen LogP contribution in [-0.4, -0.2) is 27.8 Å². The fourth-order valence-corrected chi connectivity index (χ4v) is 2.40. The summed E-state index contributed by atoms with van der Waals surface area (Å²) in [6.07, 6.45) is 3.80. The van der Waals surface area contributed by atoms with Crippen LogP contribution >= 0.6 is 0 Å². The van der Waals surface area contributed by atoms with E-state index in [1.165, 1.54) is 30.2 Å². The highest BCUT2D eigenvalue weighted by Crippen LogP contribution is 2.40. The Labute approximate surface area is 109 Å². The van der Waals surface area contributed by atoms with Crippen LogP contribution in [0.5, 0.6) is 0 Å². The normalized spacial score (nSPS) is 15.8. The van der Waals surface area contributed by atoms with E-state index in [2.05, 4.69) is 34.3 Å². The van der Waals surface area contributed by atoms with E-state index in [4.69, 9.17) is 0 Å². The molecule has 1 aliphatic rings. The van der Waals surface area contributed by atoms with Crippen molar-refractivity contribution in [1.29, 1.82) is 0 Å². The Bertz CT molecular complexity index is 495. The minimum Gasteiger partial charge on any atom is -0.311 e. The highest BCUT2D eigenvalue weighted by atomic mass is 32.2. The van der Waals surface area contributed by atoms with Crippen molar-refractivity contribution in [3.8, 4) is 0 Å². The summed E-state index contributed by atoms with van der Waals surface area (Å²) in [7, 11) is -3.07. The second-order valence-electron chi connectivity index (χ2n) is 4.86. The molecule has 1 fully saturated rings. The summed E-state index contributed by atoms with van der Waals surface area (Å²) in [4.78, 5) is 0. The van der Waals surface area contributed by atoms with E-state index in [0.29, 0.717) is 13.1 Å². The van der Waals surface area contributed by atoms with Gasteiger partial charge in [0.25, 0.3) is 0 Å². The van der Waals surface area contributed by atoms with Crippen LogP contribution in [0.2, 0.25) is 0 Å². The number of hydrogen-bond acceptors (Lipinski definition) is 3. The standard InChI is InChI=1S/C13H20N2O2S/c1-18(16,17)15-8-7-14-10-11-3-2-4-13(9-11)12-5-6-12/h2-4,9,12,14-15H,5-8,10H2,1H3. The summed E-state index contributed by atoms with van der Waals surface area (Å²) in [6.45, 7) is 1.86. The molecule has 1 aliphatic carbocycles. The topological polar surface area (TPSA) is 58.2 Å². The van der Waals surface area contributed by atoms with Crippen LogP contribution in [0.25, 0.3) is 0 Å². The first-order valence-corrected chi connectivity index (χ1v) is 8.18. The third kappa shape index (κ3) is 4.76. The molecular formula is C13H20N2O2S. The largest absolute Gasteiger partial charge is 0.311 e. The van der Waals surface area contributed by atoms with E-state index in [9.17, 15) is 8.42 Å². The molecule has 0 aliphatic heterocycles. The molecule has 0 spiro atoms. The van der Waals surface area contributed by atoms with E-state index < -0.39 is 10.0 Å². The molecule has 0 unspecified atom stereocenters. The molecular weight excluding hydrogens is 248 g/mol. The zero-order chi connectivity index (χ0) is 13.0. The first-order valence-electron chi connectivity index (χ1n) is 6.29. The fraction of sp³-hybridized carbons (Fsp3) is 0.538. The maximum absolute atomic E-state index is 10.9. The number of sulfonamides is 1. The lowest BCUT2D eigenvalue weighted by molar-refractivity contribution is 0.582. The van der Waals surface area contributed by atoms with Gasteiger partial charge in [-0.05, 0) is 29.9 Å². The lowest BCUT2D eigenvalue weighted by Gasteiger charge is -2.07. The highest BCUT2D eigenvalue weighted by molar-refractivity contribution is 7.88. The molecule has 0 radical (unpaired) electrons. The first kappa shape index (κ1) is 13.5. The Hall–Kier alpha value is -0.910. The fourth-order valence-electron chi connectivity index (χ4n) is 1.93. The molecule has 0 bridgehead atoms. The van der Waals surface area contributed by atoms with Crippen molar-refractivity contribution in [2.45, 2.75) is 25.3 Å². The van der Waals surface area contributed by atoms with Crippen molar-refractivity contribution < 1.29 is 8.42 Å². The average Bonchev–Trinajstić information content (AvgIpc) is 3.11. The van der Waals surface area contributed by atoms with Crippen molar-refractivity contribution in [3.63, 3.8) is 0 Å². The summed E-state index contributed by atoms with van der Waals surface area (Å²) in [5, 5.41) is 3.23. The van der Waals surface area contributed by atoms with E-state index in [0.717, 1.165) is 12.5 Å². The average molecular weight is 268 g/mol. The summed E-state index contributed by atoms with van der Waals surface area (Å²) >= 11 is 0. The van der Waals surface area contributed by atoms with Crippen LogP contribution in [0.4, 0.5) is 0 Å². The second kappa shape index (κ2) is 5.82. The Morgan fingerprint density at radius 3 is 2.72 bits per heavy atom. The minimum atomic E-state index is -3.07. The predicted octanol–water partition coefficient (Wildman–Crippen LogP) is 1.20. The van der Waals surface area contributed by atoms with Gasteiger partial charge in [0.15, 0.2) is 0 Å². The molecule has 2 N–H and O–H groups in total. The van der Waals surface area contributed by atoms with E-state index in [-0.39, 0.29) is 0 Å². The van der Waals surface area contributed by atoms with Gasteiger partial charge in [0, 0.05) is 19.6 Å². The van der Waals surface area contributed by atoms with Crippen molar-refractivity contribution in [2.75, 3.05) is 19.3 Å². The smallest absolute Gasteiger partial charge is 0.208 e. The molecule has 4 nitrogen and oxygen atoms in total. The summed E-state index contributed by atoms with van der Waals surface area (Å²) < 4.78 is 24.2. The quantitative estimate of drug-likeness (QED) is 0.731. The number of hydrogen-bond donors (Lipinski definition) is 2. The molecule has 5 heteroatoms. The Morgan fingerprint density at radius 2 is 2.06 bits per heavy atom. The van der Waals surface area contributed by atoms with Crippen LogP contribution in [-0.2, 0) is 16.6 Å². The zero-order valence-corrected chi connectivity index (χ0v) is 11.5. The molecule has 100 valence electrons. The van der Waals surface area contributed by atoms with Crippen LogP contribution < -0.4 is 10.0 Å². The maximum Gasteiger partial charge on any atom is 0.208 e. The van der Waals surface area contributed by atoms with Gasteiger partial charge >= 0.3 is 0 Å². The van der Waals surface area contributed by atoms with E-state index in [1.54, 1.807) is 0 Å². The molecule has 1 saturated carbocycles. The zero-order valence-electron chi connectivity index (χ0n) is 10.6. The van der Waals surface area contributed by atoms with Gasteiger partial charge in [-0.3, -0.25) is 0 Å². The van der Waals surface area contributed by atoms with Crippen molar-refractivity contribution in [3.05, 3.63) is 35.4 Å². The van der Waals surface area contributed by atoms with Gasteiger partial charge in [-0.15, -0.1) is 0 Å². The van der Waals surface area contributed by atoms with Crippen molar-refractivity contribution >= 4 is 10.0 Å². The number of benzene rings is 1. The molecule has 1 aromatic rings. The molecule has 0 aromatic heterocycles. The van der Waals surface area contributed by atoms with Gasteiger partial charge in [0.2, 0.25) is 10.0 Å². The number of nitrogens with one attached hydrogen (secondary N) is 2. The van der Waals surface area contributed by atoms with Crippen LogP contribution in [0.3, 0.4) is 0 Å². The van der Waals surface area contributed by atoms with Crippen molar-refractivity contribution in [1.82, 2.24) is 10.0 Å². The molecule has 2 rings (SSSR count). The molecule has 0 amide bonds. The lowest BCUT2D eigenvalue weighted by atomic mass is 10.1. The van der Waals surface area contributed by atoms with Crippen LogP contribution in [0.1, 0.15) is 29.9 Å². The van der Waals surface area contributed by atoms with Gasteiger partial charge in [-0.25, -0.2) is 13.1 Å². The van der Waals surface area contributed by atoms with E-state index >= 15 is 0 Å². The van der Waals surface area contributed by atoms with Gasteiger partial charge < -0.3 is 5.32 Å². The van der Waals surface area contributed by atoms with Gasteiger partial charge in [-0.2, -0.15) is 0 Å². The predicted molar refractivity (Wildman–Crippen MR) is 73.0 cm³/mol. The van der Waals surface area contributed by atoms with E-state index in [1.807, 2.05) is 0 Å². The highest BCUT2D eigenvalue weighted by Gasteiger charge is 2.23. The molecule has 0 heterocycles. The first-order chi connectivity index (χ1) is 8.54. The monoisotopic (exact) mass is 268 g/mol. The SMILES string of the molecule is CS(=O)(=O)NCCNCc1cccc(C2CC2)c1. The van der Waals surface area contributed by atoms with Crippen LogP contribution in [0.15, 0.2) is 24.3 Å². The third-order valence-electron chi connectivity index (χ3n) is 2.99. The lowest BCUT2D eigenvalue weighted by Crippen LogP contribution is -2.30. The molecule has 18 heavy (non-hydrogen) atoms.